The zero-order valence-electron chi connectivity index (χ0n) is 8.48. The molecule has 0 N–H and O–H groups in total. The summed E-state index contributed by atoms with van der Waals surface area (Å²) in [5, 5.41) is 0. The van der Waals surface area contributed by atoms with Crippen LogP contribution in [0.5, 0.6) is 0 Å². The number of rotatable bonds is 2. The van der Waals surface area contributed by atoms with Crippen LogP contribution in [0.4, 0.5) is 0 Å². The summed E-state index contributed by atoms with van der Waals surface area (Å²) in [5.41, 5.74) is 1.00. The molecular formula is C12H13NO2. The highest BCUT2D eigenvalue weighted by Crippen LogP contribution is 2.08. The van der Waals surface area contributed by atoms with Crippen LogP contribution >= 0.6 is 0 Å². The summed E-state index contributed by atoms with van der Waals surface area (Å²) >= 11 is 0. The zero-order valence-corrected chi connectivity index (χ0v) is 8.48. The Balaban J connectivity index is 1.96. The SMILES string of the molecule is O=C1CCN(C(=O)Cc2ccccc2)C1. The molecule has 0 aliphatic carbocycles. The molecule has 0 bridgehead atoms. The van der Waals surface area contributed by atoms with E-state index in [1.54, 1.807) is 4.90 Å². The molecule has 1 aromatic carbocycles. The van der Waals surface area contributed by atoms with Crippen molar-refractivity contribution in [3.8, 4) is 0 Å². The predicted molar refractivity (Wildman–Crippen MR) is 56.4 cm³/mol. The average molecular weight is 203 g/mol. The Bertz CT molecular complexity index is 372. The predicted octanol–water partition coefficient (Wildman–Crippen LogP) is 1.03. The Morgan fingerprint density at radius 2 is 2.00 bits per heavy atom. The van der Waals surface area contributed by atoms with Gasteiger partial charge in [0.2, 0.25) is 5.91 Å². The number of hydrogen-bond donors (Lipinski definition) is 0. The lowest BCUT2D eigenvalue weighted by Gasteiger charge is -2.13. The van der Waals surface area contributed by atoms with Crippen LogP contribution in [0.25, 0.3) is 0 Å². The number of carbonyl (C=O) groups excluding carboxylic acids is 2. The van der Waals surface area contributed by atoms with Crippen molar-refractivity contribution in [2.24, 2.45) is 0 Å². The lowest BCUT2D eigenvalue weighted by molar-refractivity contribution is -0.131. The number of hydrogen-bond acceptors (Lipinski definition) is 2. The third kappa shape index (κ3) is 2.43. The summed E-state index contributed by atoms with van der Waals surface area (Å²) < 4.78 is 0. The van der Waals surface area contributed by atoms with Crippen molar-refractivity contribution in [2.45, 2.75) is 12.8 Å². The Morgan fingerprint density at radius 3 is 2.60 bits per heavy atom. The van der Waals surface area contributed by atoms with Crippen molar-refractivity contribution in [1.82, 2.24) is 4.90 Å². The van der Waals surface area contributed by atoms with Crippen LogP contribution in [0.3, 0.4) is 0 Å². The van der Waals surface area contributed by atoms with Crippen LogP contribution < -0.4 is 0 Å². The van der Waals surface area contributed by atoms with E-state index in [2.05, 4.69) is 0 Å². The molecule has 1 fully saturated rings. The van der Waals surface area contributed by atoms with E-state index in [0.717, 1.165) is 5.56 Å². The van der Waals surface area contributed by atoms with E-state index < -0.39 is 0 Å². The van der Waals surface area contributed by atoms with Gasteiger partial charge in [-0.2, -0.15) is 0 Å². The van der Waals surface area contributed by atoms with Crippen LogP contribution in [0.1, 0.15) is 12.0 Å². The van der Waals surface area contributed by atoms with Gasteiger partial charge in [-0.1, -0.05) is 30.3 Å². The van der Waals surface area contributed by atoms with E-state index in [1.807, 2.05) is 30.3 Å². The van der Waals surface area contributed by atoms with Gasteiger partial charge in [-0.05, 0) is 5.56 Å². The van der Waals surface area contributed by atoms with Gasteiger partial charge in [-0.25, -0.2) is 0 Å². The Kier molecular flexibility index (Phi) is 2.81. The summed E-state index contributed by atoms with van der Waals surface area (Å²) in [7, 11) is 0. The van der Waals surface area contributed by atoms with E-state index in [0.29, 0.717) is 25.9 Å². The minimum atomic E-state index is 0.0482. The van der Waals surface area contributed by atoms with Crippen LogP contribution in [0.15, 0.2) is 30.3 Å². The minimum Gasteiger partial charge on any atom is -0.335 e. The van der Waals surface area contributed by atoms with Crippen molar-refractivity contribution in [3.63, 3.8) is 0 Å². The topological polar surface area (TPSA) is 37.4 Å². The molecule has 1 saturated heterocycles. The highest BCUT2D eigenvalue weighted by atomic mass is 16.2. The second-order valence-electron chi connectivity index (χ2n) is 3.77. The van der Waals surface area contributed by atoms with Gasteiger partial charge in [-0.3, -0.25) is 9.59 Å². The number of nitrogens with zero attached hydrogens (tertiary/aromatic N) is 1. The van der Waals surface area contributed by atoms with E-state index in [1.165, 1.54) is 0 Å². The molecule has 0 spiro atoms. The van der Waals surface area contributed by atoms with Gasteiger partial charge in [-0.15, -0.1) is 0 Å². The molecule has 0 aromatic heterocycles. The summed E-state index contributed by atoms with van der Waals surface area (Å²) in [4.78, 5) is 24.4. The van der Waals surface area contributed by atoms with Crippen molar-refractivity contribution in [2.75, 3.05) is 13.1 Å². The summed E-state index contributed by atoms with van der Waals surface area (Å²) in [6.07, 6.45) is 0.911. The molecular weight excluding hydrogens is 190 g/mol. The standard InChI is InChI=1S/C12H13NO2/c14-11-6-7-13(9-11)12(15)8-10-4-2-1-3-5-10/h1-5H,6-9H2. The first-order chi connectivity index (χ1) is 7.25. The summed E-state index contributed by atoms with van der Waals surface area (Å²) in [5.74, 6) is 0.212. The molecule has 1 heterocycles. The second-order valence-corrected chi connectivity index (χ2v) is 3.77. The maximum Gasteiger partial charge on any atom is 0.227 e. The smallest absolute Gasteiger partial charge is 0.227 e. The van der Waals surface area contributed by atoms with Gasteiger partial charge in [0.1, 0.15) is 0 Å². The third-order valence-electron chi connectivity index (χ3n) is 2.58. The van der Waals surface area contributed by atoms with Gasteiger partial charge in [0.15, 0.2) is 5.78 Å². The summed E-state index contributed by atoms with van der Waals surface area (Å²) in [6, 6.07) is 9.61. The molecule has 0 atom stereocenters. The second kappa shape index (κ2) is 4.26. The quantitative estimate of drug-likeness (QED) is 0.720. The molecule has 3 nitrogen and oxygen atoms in total. The molecule has 78 valence electrons. The van der Waals surface area contributed by atoms with E-state index in [9.17, 15) is 9.59 Å². The van der Waals surface area contributed by atoms with Crippen LogP contribution in [-0.4, -0.2) is 29.7 Å². The molecule has 1 aliphatic rings. The number of Topliss-reactive ketones (excluding diaryl/α,β-unsaturated/α-hetero) is 1. The Labute approximate surface area is 88.7 Å². The van der Waals surface area contributed by atoms with Gasteiger partial charge < -0.3 is 4.90 Å². The molecule has 0 unspecified atom stereocenters. The molecule has 3 heteroatoms. The van der Waals surface area contributed by atoms with Crippen molar-refractivity contribution < 1.29 is 9.59 Å². The molecule has 0 radical (unpaired) electrons. The highest BCUT2D eigenvalue weighted by molar-refractivity contribution is 5.90. The Hall–Kier alpha value is -1.64. The monoisotopic (exact) mass is 203 g/mol. The van der Waals surface area contributed by atoms with Gasteiger partial charge in [0.05, 0.1) is 13.0 Å². The normalized spacial score (nSPS) is 15.7. The lowest BCUT2D eigenvalue weighted by atomic mass is 10.1. The number of amides is 1. The van der Waals surface area contributed by atoms with E-state index in [-0.39, 0.29) is 11.7 Å². The number of likely N-dealkylation sites (tertiary alicyclic amines) is 1. The largest absolute Gasteiger partial charge is 0.335 e. The highest BCUT2D eigenvalue weighted by Gasteiger charge is 2.23. The first-order valence-corrected chi connectivity index (χ1v) is 5.09. The van der Waals surface area contributed by atoms with Gasteiger partial charge in [0, 0.05) is 13.0 Å². The van der Waals surface area contributed by atoms with E-state index in [4.69, 9.17) is 0 Å². The van der Waals surface area contributed by atoms with Crippen molar-refractivity contribution >= 4 is 11.7 Å². The van der Waals surface area contributed by atoms with E-state index >= 15 is 0 Å². The van der Waals surface area contributed by atoms with Crippen LogP contribution in [0, 0.1) is 0 Å². The maximum atomic E-state index is 11.7. The maximum absolute atomic E-state index is 11.7. The van der Waals surface area contributed by atoms with Crippen LogP contribution in [0.2, 0.25) is 0 Å². The van der Waals surface area contributed by atoms with Crippen LogP contribution in [-0.2, 0) is 16.0 Å². The fraction of sp³-hybridized carbons (Fsp3) is 0.333. The molecule has 0 saturated carbocycles. The molecule has 2 rings (SSSR count). The summed E-state index contributed by atoms with van der Waals surface area (Å²) in [6.45, 7) is 0.885. The zero-order chi connectivity index (χ0) is 10.7. The number of ketones is 1. The average Bonchev–Trinajstić information content (AvgIpc) is 2.66. The molecule has 1 amide bonds. The number of benzene rings is 1. The third-order valence-corrected chi connectivity index (χ3v) is 2.58. The lowest BCUT2D eigenvalue weighted by Crippen LogP contribution is -2.30. The molecule has 1 aromatic rings. The van der Waals surface area contributed by atoms with Crippen molar-refractivity contribution in [3.05, 3.63) is 35.9 Å². The Morgan fingerprint density at radius 1 is 1.27 bits per heavy atom. The fourth-order valence-corrected chi connectivity index (χ4v) is 1.73. The van der Waals surface area contributed by atoms with Gasteiger partial charge >= 0.3 is 0 Å². The number of carbonyl (C=O) groups is 2. The minimum absolute atomic E-state index is 0.0482. The fourth-order valence-electron chi connectivity index (χ4n) is 1.73. The van der Waals surface area contributed by atoms with Crippen molar-refractivity contribution in [1.29, 1.82) is 0 Å². The molecule has 1 aliphatic heterocycles. The first kappa shape index (κ1) is 9.90. The van der Waals surface area contributed by atoms with Gasteiger partial charge in [0.25, 0.3) is 0 Å². The first-order valence-electron chi connectivity index (χ1n) is 5.09. The molecule has 15 heavy (non-hydrogen) atoms.